The van der Waals surface area contributed by atoms with E-state index in [1.54, 1.807) is 29.2 Å². The fourth-order valence-corrected chi connectivity index (χ4v) is 6.56. The Balaban J connectivity index is 1.31. The van der Waals surface area contributed by atoms with E-state index in [-0.39, 0.29) is 42.7 Å². The zero-order valence-electron chi connectivity index (χ0n) is 18.7. The van der Waals surface area contributed by atoms with Crippen LogP contribution in [0.1, 0.15) is 31.2 Å². The predicted molar refractivity (Wildman–Crippen MR) is 124 cm³/mol. The summed E-state index contributed by atoms with van der Waals surface area (Å²) in [5.74, 6) is -0.216. The summed E-state index contributed by atoms with van der Waals surface area (Å²) >= 11 is 0. The number of carbonyl (C=O) groups is 2. The average Bonchev–Trinajstić information content (AvgIpc) is 3.23. The lowest BCUT2D eigenvalue weighted by molar-refractivity contribution is -0.143. The first-order valence-electron chi connectivity index (χ1n) is 11.4. The summed E-state index contributed by atoms with van der Waals surface area (Å²) in [5, 5.41) is 10.5. The minimum atomic E-state index is -3.62. The van der Waals surface area contributed by atoms with Crippen molar-refractivity contribution < 1.29 is 18.0 Å². The molecule has 0 aromatic heterocycles. The summed E-state index contributed by atoms with van der Waals surface area (Å²) in [7, 11) is -3.62. The van der Waals surface area contributed by atoms with Crippen molar-refractivity contribution in [2.75, 3.05) is 32.7 Å². The van der Waals surface area contributed by atoms with Gasteiger partial charge in [-0.05, 0) is 37.2 Å². The number of piperazine rings is 1. The van der Waals surface area contributed by atoms with E-state index in [4.69, 9.17) is 11.1 Å². The van der Waals surface area contributed by atoms with Crippen LogP contribution in [-0.2, 0) is 25.4 Å². The molecular weight excluding hydrogens is 444 g/mol. The molecule has 10 nitrogen and oxygen atoms in total. The molecule has 2 atom stereocenters. The Morgan fingerprint density at radius 3 is 2.48 bits per heavy atom. The number of piperidine rings is 1. The number of carbonyl (C=O) groups excluding carboxylic acids is 2. The van der Waals surface area contributed by atoms with Crippen LogP contribution in [0.25, 0.3) is 0 Å². The fourth-order valence-electron chi connectivity index (χ4n) is 5.06. The Bertz CT molecular complexity index is 993. The van der Waals surface area contributed by atoms with Crippen LogP contribution in [-0.4, -0.2) is 85.1 Å². The zero-order valence-corrected chi connectivity index (χ0v) is 19.5. The molecule has 0 unspecified atom stereocenters. The van der Waals surface area contributed by atoms with Crippen LogP contribution >= 0.6 is 0 Å². The van der Waals surface area contributed by atoms with Gasteiger partial charge in [0.1, 0.15) is 6.04 Å². The van der Waals surface area contributed by atoms with Gasteiger partial charge in [-0.1, -0.05) is 30.3 Å². The van der Waals surface area contributed by atoms with Crippen LogP contribution < -0.4 is 11.1 Å². The van der Waals surface area contributed by atoms with Crippen LogP contribution in [0.15, 0.2) is 30.3 Å². The van der Waals surface area contributed by atoms with E-state index in [0.29, 0.717) is 44.0 Å². The normalized spacial score (nSPS) is 24.5. The van der Waals surface area contributed by atoms with Crippen LogP contribution in [0.3, 0.4) is 0 Å². The molecule has 1 aromatic carbocycles. The van der Waals surface area contributed by atoms with E-state index in [0.717, 1.165) is 12.8 Å². The van der Waals surface area contributed by atoms with E-state index >= 15 is 0 Å². The van der Waals surface area contributed by atoms with E-state index in [1.807, 2.05) is 11.0 Å². The third-order valence-electron chi connectivity index (χ3n) is 6.92. The number of hydrogen-bond donors (Lipinski definition) is 3. The van der Waals surface area contributed by atoms with Crippen LogP contribution in [0.4, 0.5) is 0 Å². The number of fused-ring (bicyclic) bond motifs is 1. The first-order chi connectivity index (χ1) is 15.7. The van der Waals surface area contributed by atoms with Crippen molar-refractivity contribution in [1.29, 1.82) is 5.41 Å². The second-order valence-electron chi connectivity index (χ2n) is 9.14. The average molecular weight is 477 g/mol. The predicted octanol–water partition coefficient (Wildman–Crippen LogP) is -0.0867. The minimum absolute atomic E-state index is 0.0814. The van der Waals surface area contributed by atoms with Crippen molar-refractivity contribution in [1.82, 2.24) is 19.4 Å². The number of nitrogens with two attached hydrogens (primary N) is 1. The fraction of sp³-hybridized carbons (Fsp3) is 0.591. The highest BCUT2D eigenvalue weighted by Gasteiger charge is 2.46. The lowest BCUT2D eigenvalue weighted by Crippen LogP contribution is -2.59. The Kier molecular flexibility index (Phi) is 6.89. The highest BCUT2D eigenvalue weighted by molar-refractivity contribution is 7.88. The summed E-state index contributed by atoms with van der Waals surface area (Å²) in [6.07, 6.45) is 2.85. The maximum absolute atomic E-state index is 12.9. The van der Waals surface area contributed by atoms with Gasteiger partial charge in [-0.3, -0.25) is 15.0 Å². The summed E-state index contributed by atoms with van der Waals surface area (Å²) in [6.45, 7) is 1.96. The second-order valence-corrected chi connectivity index (χ2v) is 11.1. The third-order valence-corrected chi connectivity index (χ3v) is 8.69. The molecule has 3 saturated heterocycles. The first kappa shape index (κ1) is 23.5. The van der Waals surface area contributed by atoms with Gasteiger partial charge < -0.3 is 20.9 Å². The lowest BCUT2D eigenvalue weighted by atomic mass is 9.97. The Morgan fingerprint density at radius 1 is 1.12 bits per heavy atom. The van der Waals surface area contributed by atoms with E-state index in [1.165, 1.54) is 4.31 Å². The third kappa shape index (κ3) is 5.30. The molecule has 3 aliphatic rings. The van der Waals surface area contributed by atoms with E-state index < -0.39 is 16.1 Å². The molecule has 11 heteroatoms. The number of nitrogens with one attached hydrogen (secondary N) is 2. The molecule has 0 saturated carbocycles. The number of likely N-dealkylation sites (tertiary alicyclic amines) is 1. The van der Waals surface area contributed by atoms with Gasteiger partial charge in [-0.2, -0.15) is 4.31 Å². The van der Waals surface area contributed by atoms with Gasteiger partial charge in [-0.25, -0.2) is 8.42 Å². The van der Waals surface area contributed by atoms with Gasteiger partial charge in [0.2, 0.25) is 21.8 Å². The van der Waals surface area contributed by atoms with Crippen molar-refractivity contribution in [3.63, 3.8) is 0 Å². The summed E-state index contributed by atoms with van der Waals surface area (Å²) < 4.78 is 27.1. The number of rotatable bonds is 6. The number of hydrogen-bond acceptors (Lipinski definition) is 5. The lowest BCUT2D eigenvalue weighted by Gasteiger charge is -2.38. The van der Waals surface area contributed by atoms with Crippen molar-refractivity contribution in [2.45, 2.75) is 43.5 Å². The highest BCUT2D eigenvalue weighted by atomic mass is 32.2. The van der Waals surface area contributed by atoms with Gasteiger partial charge in [0.25, 0.3) is 0 Å². The van der Waals surface area contributed by atoms with Crippen molar-refractivity contribution in [2.24, 2.45) is 11.7 Å². The second kappa shape index (κ2) is 9.68. The zero-order chi connectivity index (χ0) is 23.6. The largest absolute Gasteiger partial charge is 0.370 e. The van der Waals surface area contributed by atoms with Crippen molar-refractivity contribution in [3.05, 3.63) is 35.9 Å². The molecule has 33 heavy (non-hydrogen) atoms. The Hall–Kier alpha value is -2.66. The topological polar surface area (TPSA) is 140 Å². The van der Waals surface area contributed by atoms with Gasteiger partial charge in [0.15, 0.2) is 5.96 Å². The molecule has 3 fully saturated rings. The quantitative estimate of drug-likeness (QED) is 0.387. The number of guanidine groups is 1. The molecule has 3 heterocycles. The number of sulfonamides is 1. The van der Waals surface area contributed by atoms with Crippen molar-refractivity contribution >= 4 is 27.8 Å². The highest BCUT2D eigenvalue weighted by Crippen LogP contribution is 2.30. The minimum Gasteiger partial charge on any atom is -0.370 e. The molecule has 3 aliphatic heterocycles. The van der Waals surface area contributed by atoms with Crippen LogP contribution in [0, 0.1) is 11.3 Å². The van der Waals surface area contributed by atoms with Crippen LogP contribution in [0.5, 0.6) is 0 Å². The Labute approximate surface area is 194 Å². The Morgan fingerprint density at radius 2 is 1.82 bits per heavy atom. The summed E-state index contributed by atoms with van der Waals surface area (Å²) in [4.78, 5) is 29.2. The number of amides is 2. The van der Waals surface area contributed by atoms with E-state index in [2.05, 4.69) is 5.32 Å². The molecule has 0 spiro atoms. The summed E-state index contributed by atoms with van der Waals surface area (Å²) in [6, 6.07) is 8.12. The smallest absolute Gasteiger partial charge is 0.242 e. The molecule has 0 radical (unpaired) electrons. The standard InChI is InChI=1S/C22H32N6O4S/c23-22(24)26-10-8-16(9-11-26)12-25-21(30)19-7-6-18-13-27(14-20(29)28(18)19)33(31,32)15-17-4-2-1-3-5-17/h1-5,16,18-19H,6-15H2,(H3,23,24)(H,25,30)/t18-,19-/m0/s1. The molecule has 180 valence electrons. The SMILES string of the molecule is N=C(N)N1CCC(CNC(=O)[C@@H]2CC[C@H]3CN(S(=O)(=O)Cc4ccccc4)CC(=O)N32)CC1. The molecule has 0 bridgehead atoms. The molecule has 1 aromatic rings. The maximum atomic E-state index is 12.9. The number of nitrogens with zero attached hydrogens (tertiary/aromatic N) is 3. The molecule has 0 aliphatic carbocycles. The summed E-state index contributed by atoms with van der Waals surface area (Å²) in [5.41, 5.74) is 6.21. The van der Waals surface area contributed by atoms with Crippen molar-refractivity contribution in [3.8, 4) is 0 Å². The maximum Gasteiger partial charge on any atom is 0.242 e. The number of benzene rings is 1. The van der Waals surface area contributed by atoms with Crippen LogP contribution in [0.2, 0.25) is 0 Å². The first-order valence-corrected chi connectivity index (χ1v) is 13.0. The van der Waals surface area contributed by atoms with Gasteiger partial charge in [0, 0.05) is 32.2 Å². The molecular formula is C22H32N6O4S. The molecule has 4 rings (SSSR count). The molecule has 4 N–H and O–H groups in total. The van der Waals surface area contributed by atoms with Gasteiger partial charge in [0.05, 0.1) is 12.3 Å². The monoisotopic (exact) mass is 476 g/mol. The van der Waals surface area contributed by atoms with Gasteiger partial charge >= 0.3 is 0 Å². The van der Waals surface area contributed by atoms with Gasteiger partial charge in [-0.15, -0.1) is 0 Å². The van der Waals surface area contributed by atoms with E-state index in [9.17, 15) is 18.0 Å². The molecule has 2 amide bonds.